The summed E-state index contributed by atoms with van der Waals surface area (Å²) in [5, 5.41) is 3.33. The quantitative estimate of drug-likeness (QED) is 0.939. The van der Waals surface area contributed by atoms with Gasteiger partial charge in [0, 0.05) is 37.9 Å². The second-order valence-electron chi connectivity index (χ2n) is 5.77. The van der Waals surface area contributed by atoms with Gasteiger partial charge in [-0.15, -0.1) is 0 Å². The molecule has 1 aromatic heterocycles. The van der Waals surface area contributed by atoms with Crippen LogP contribution in [-0.2, 0) is 6.61 Å². The Morgan fingerprint density at radius 3 is 2.83 bits per heavy atom. The van der Waals surface area contributed by atoms with Gasteiger partial charge in [0.05, 0.1) is 5.56 Å². The van der Waals surface area contributed by atoms with E-state index in [0.29, 0.717) is 24.1 Å². The van der Waals surface area contributed by atoms with E-state index in [1.807, 2.05) is 35.2 Å². The van der Waals surface area contributed by atoms with Crippen LogP contribution in [0, 0.1) is 0 Å². The fourth-order valence-corrected chi connectivity index (χ4v) is 2.62. The van der Waals surface area contributed by atoms with E-state index < -0.39 is 0 Å². The standard InChI is InChI=1S/C18H21N3O2/c1-14-12-21(10-9-19-14)18(22)16-7-8-17(20-11-16)23-13-15-5-3-2-4-6-15/h2-8,11,14,19H,9-10,12-13H2,1H3/t14-/m1/s1. The van der Waals surface area contributed by atoms with E-state index >= 15 is 0 Å². The second kappa shape index (κ2) is 7.24. The zero-order valence-electron chi connectivity index (χ0n) is 13.2. The second-order valence-corrected chi connectivity index (χ2v) is 5.77. The topological polar surface area (TPSA) is 54.5 Å². The highest BCUT2D eigenvalue weighted by molar-refractivity contribution is 5.94. The van der Waals surface area contributed by atoms with Crippen LogP contribution in [0.5, 0.6) is 5.88 Å². The third-order valence-corrected chi connectivity index (χ3v) is 3.87. The summed E-state index contributed by atoms with van der Waals surface area (Å²) in [6, 6.07) is 13.8. The maximum atomic E-state index is 12.5. The first-order valence-corrected chi connectivity index (χ1v) is 7.88. The zero-order chi connectivity index (χ0) is 16.1. The number of amides is 1. The number of pyridine rings is 1. The van der Waals surface area contributed by atoms with Crippen molar-refractivity contribution in [2.75, 3.05) is 19.6 Å². The molecule has 1 atom stereocenters. The molecule has 2 aromatic rings. The lowest BCUT2D eigenvalue weighted by atomic mass is 10.2. The fraction of sp³-hybridized carbons (Fsp3) is 0.333. The Kier molecular flexibility index (Phi) is 4.88. The molecular formula is C18H21N3O2. The van der Waals surface area contributed by atoms with Crippen molar-refractivity contribution in [3.8, 4) is 5.88 Å². The maximum Gasteiger partial charge on any atom is 0.255 e. The molecule has 1 aliphatic heterocycles. The van der Waals surface area contributed by atoms with Crippen LogP contribution in [-0.4, -0.2) is 41.5 Å². The van der Waals surface area contributed by atoms with Crippen LogP contribution in [0.25, 0.3) is 0 Å². The third-order valence-electron chi connectivity index (χ3n) is 3.87. The lowest BCUT2D eigenvalue weighted by Gasteiger charge is -2.31. The summed E-state index contributed by atoms with van der Waals surface area (Å²) in [4.78, 5) is 18.6. The molecule has 1 aromatic carbocycles. The number of ether oxygens (including phenoxy) is 1. The predicted molar refractivity (Wildman–Crippen MR) is 88.4 cm³/mol. The molecule has 5 nitrogen and oxygen atoms in total. The number of nitrogens with one attached hydrogen (secondary N) is 1. The van der Waals surface area contributed by atoms with Gasteiger partial charge in [-0.3, -0.25) is 4.79 Å². The molecule has 0 spiro atoms. The SMILES string of the molecule is C[C@@H]1CN(C(=O)c2ccc(OCc3ccccc3)nc2)CCN1. The van der Waals surface area contributed by atoms with Crippen molar-refractivity contribution >= 4 is 5.91 Å². The number of carbonyl (C=O) groups is 1. The Morgan fingerprint density at radius 1 is 1.30 bits per heavy atom. The van der Waals surface area contributed by atoms with E-state index in [1.54, 1.807) is 18.3 Å². The number of carbonyl (C=O) groups excluding carboxylic acids is 1. The van der Waals surface area contributed by atoms with Crippen molar-refractivity contribution < 1.29 is 9.53 Å². The molecular weight excluding hydrogens is 290 g/mol. The van der Waals surface area contributed by atoms with E-state index in [0.717, 1.165) is 25.2 Å². The van der Waals surface area contributed by atoms with Gasteiger partial charge in [0.25, 0.3) is 5.91 Å². The molecule has 23 heavy (non-hydrogen) atoms. The first-order chi connectivity index (χ1) is 11.2. The van der Waals surface area contributed by atoms with Gasteiger partial charge in [-0.2, -0.15) is 0 Å². The lowest BCUT2D eigenvalue weighted by Crippen LogP contribution is -2.51. The van der Waals surface area contributed by atoms with Crippen molar-refractivity contribution in [1.82, 2.24) is 15.2 Å². The van der Waals surface area contributed by atoms with Crippen molar-refractivity contribution in [2.45, 2.75) is 19.6 Å². The molecule has 1 amide bonds. The molecule has 0 unspecified atom stereocenters. The Morgan fingerprint density at radius 2 is 2.13 bits per heavy atom. The minimum atomic E-state index is 0.0282. The number of benzene rings is 1. The summed E-state index contributed by atoms with van der Waals surface area (Å²) in [6.45, 7) is 4.84. The number of hydrogen-bond donors (Lipinski definition) is 1. The number of hydrogen-bond acceptors (Lipinski definition) is 4. The Hall–Kier alpha value is -2.40. The van der Waals surface area contributed by atoms with Crippen LogP contribution in [0.4, 0.5) is 0 Å². The highest BCUT2D eigenvalue weighted by atomic mass is 16.5. The van der Waals surface area contributed by atoms with E-state index in [9.17, 15) is 4.79 Å². The predicted octanol–water partition coefficient (Wildman–Crippen LogP) is 2.09. The molecule has 1 N–H and O–H groups in total. The van der Waals surface area contributed by atoms with Gasteiger partial charge in [0.2, 0.25) is 5.88 Å². The van der Waals surface area contributed by atoms with Crippen LogP contribution in [0.3, 0.4) is 0 Å². The molecule has 0 radical (unpaired) electrons. The molecule has 120 valence electrons. The normalized spacial score (nSPS) is 17.8. The Bertz CT molecular complexity index is 643. The Labute approximate surface area is 136 Å². The van der Waals surface area contributed by atoms with Gasteiger partial charge in [-0.25, -0.2) is 4.98 Å². The van der Waals surface area contributed by atoms with Crippen LogP contribution in [0.2, 0.25) is 0 Å². The molecule has 1 fully saturated rings. The lowest BCUT2D eigenvalue weighted by molar-refractivity contribution is 0.0708. The number of nitrogens with zero attached hydrogens (tertiary/aromatic N) is 2. The van der Waals surface area contributed by atoms with Crippen molar-refractivity contribution in [3.63, 3.8) is 0 Å². The van der Waals surface area contributed by atoms with E-state index in [-0.39, 0.29) is 5.91 Å². The van der Waals surface area contributed by atoms with Gasteiger partial charge < -0.3 is 15.0 Å². The average Bonchev–Trinajstić information content (AvgIpc) is 2.61. The third kappa shape index (κ3) is 4.07. The minimum absolute atomic E-state index is 0.0282. The van der Waals surface area contributed by atoms with Crippen molar-refractivity contribution in [1.29, 1.82) is 0 Å². The zero-order valence-corrected chi connectivity index (χ0v) is 13.2. The average molecular weight is 311 g/mol. The number of aromatic nitrogens is 1. The largest absolute Gasteiger partial charge is 0.473 e. The highest BCUT2D eigenvalue weighted by Gasteiger charge is 2.21. The van der Waals surface area contributed by atoms with Gasteiger partial charge in [-0.05, 0) is 18.6 Å². The number of rotatable bonds is 4. The summed E-state index contributed by atoms with van der Waals surface area (Å²) < 4.78 is 5.64. The van der Waals surface area contributed by atoms with Crippen LogP contribution < -0.4 is 10.1 Å². The monoisotopic (exact) mass is 311 g/mol. The molecule has 5 heteroatoms. The first-order valence-electron chi connectivity index (χ1n) is 7.88. The smallest absolute Gasteiger partial charge is 0.255 e. The molecule has 0 aliphatic carbocycles. The molecule has 1 aliphatic rings. The summed E-state index contributed by atoms with van der Waals surface area (Å²) >= 11 is 0. The van der Waals surface area contributed by atoms with Crippen LogP contribution >= 0.6 is 0 Å². The van der Waals surface area contributed by atoms with Gasteiger partial charge in [0.15, 0.2) is 0 Å². The van der Waals surface area contributed by atoms with Gasteiger partial charge >= 0.3 is 0 Å². The van der Waals surface area contributed by atoms with Crippen molar-refractivity contribution in [2.24, 2.45) is 0 Å². The van der Waals surface area contributed by atoms with Gasteiger partial charge in [0.1, 0.15) is 6.61 Å². The first kappa shape index (κ1) is 15.5. The maximum absolute atomic E-state index is 12.5. The molecule has 3 rings (SSSR count). The molecule has 1 saturated heterocycles. The summed E-state index contributed by atoms with van der Waals surface area (Å²) in [6.07, 6.45) is 1.59. The van der Waals surface area contributed by atoms with E-state index in [2.05, 4.69) is 17.2 Å². The molecule has 2 heterocycles. The number of piperazine rings is 1. The van der Waals surface area contributed by atoms with E-state index in [4.69, 9.17) is 4.74 Å². The minimum Gasteiger partial charge on any atom is -0.473 e. The fourth-order valence-electron chi connectivity index (χ4n) is 2.62. The Balaban J connectivity index is 1.59. The van der Waals surface area contributed by atoms with Crippen LogP contribution in [0.15, 0.2) is 48.7 Å². The summed E-state index contributed by atoms with van der Waals surface area (Å²) in [5.74, 6) is 0.555. The molecule has 0 bridgehead atoms. The molecule has 0 saturated carbocycles. The van der Waals surface area contributed by atoms with E-state index in [1.165, 1.54) is 0 Å². The van der Waals surface area contributed by atoms with Crippen LogP contribution in [0.1, 0.15) is 22.8 Å². The summed E-state index contributed by atoms with van der Waals surface area (Å²) in [5.41, 5.74) is 1.69. The van der Waals surface area contributed by atoms with Crippen molar-refractivity contribution in [3.05, 3.63) is 59.8 Å². The highest BCUT2D eigenvalue weighted by Crippen LogP contribution is 2.13. The van der Waals surface area contributed by atoms with Gasteiger partial charge in [-0.1, -0.05) is 30.3 Å². The summed E-state index contributed by atoms with van der Waals surface area (Å²) in [7, 11) is 0.